The minimum absolute atomic E-state index is 0.0358. The Kier molecular flexibility index (Phi) is 7.74. The molecule has 1 aliphatic carbocycles. The van der Waals surface area contributed by atoms with E-state index < -0.39 is 40.9 Å². The molecule has 1 saturated carbocycles. The third-order valence-corrected chi connectivity index (χ3v) is 6.81. The largest absolute Gasteiger partial charge is 0.416 e. The van der Waals surface area contributed by atoms with Gasteiger partial charge in [0.15, 0.2) is 0 Å². The van der Waals surface area contributed by atoms with Crippen LogP contribution in [0.25, 0.3) is 0 Å². The van der Waals surface area contributed by atoms with Crippen LogP contribution in [0, 0.1) is 11.8 Å². The zero-order valence-electron chi connectivity index (χ0n) is 20.4. The lowest BCUT2D eigenvalue weighted by atomic mass is 9.64. The summed E-state index contributed by atoms with van der Waals surface area (Å²) in [7, 11) is 0. The van der Waals surface area contributed by atoms with Gasteiger partial charge in [-0.25, -0.2) is 0 Å². The molecule has 1 saturated heterocycles. The molecule has 0 aromatic heterocycles. The van der Waals surface area contributed by atoms with Crippen molar-refractivity contribution in [1.82, 2.24) is 9.80 Å². The Labute approximate surface area is 213 Å². The van der Waals surface area contributed by atoms with Gasteiger partial charge in [0, 0.05) is 23.2 Å². The topological polar surface area (TPSA) is 83.7 Å². The molecule has 1 aliphatic heterocycles. The molecule has 194 valence electrons. The SMILES string of the molecule is C=C(/C(C)=C\C(Cl)=C/C(C)C)N1CC(=O)N(Cc2ccc(C(F)(F)F)cc2)C2(CC(C(N)=O)C2)C1=O. The molecule has 0 unspecified atom stereocenters. The number of carbonyl (C=O) groups excluding carboxylic acids is 3. The maximum atomic E-state index is 13.7. The first-order valence-electron chi connectivity index (χ1n) is 11.5. The number of hydrogen-bond donors (Lipinski definition) is 1. The van der Waals surface area contributed by atoms with Gasteiger partial charge in [0.2, 0.25) is 11.8 Å². The summed E-state index contributed by atoms with van der Waals surface area (Å²) in [5.74, 6) is -1.78. The van der Waals surface area contributed by atoms with Crippen molar-refractivity contribution in [2.45, 2.75) is 51.9 Å². The van der Waals surface area contributed by atoms with Crippen LogP contribution in [0.5, 0.6) is 0 Å². The van der Waals surface area contributed by atoms with E-state index in [0.29, 0.717) is 21.9 Å². The highest BCUT2D eigenvalue weighted by Crippen LogP contribution is 2.47. The number of piperazine rings is 1. The second-order valence-corrected chi connectivity index (χ2v) is 10.1. The molecule has 3 amide bonds. The number of rotatable bonds is 7. The summed E-state index contributed by atoms with van der Waals surface area (Å²) in [5, 5.41) is 0.468. The van der Waals surface area contributed by atoms with Crippen LogP contribution in [0.1, 0.15) is 44.7 Å². The number of allylic oxidation sites excluding steroid dienone is 4. The van der Waals surface area contributed by atoms with Crippen molar-refractivity contribution < 1.29 is 27.6 Å². The lowest BCUT2D eigenvalue weighted by Gasteiger charge is -2.56. The Hall–Kier alpha value is -3.07. The predicted molar refractivity (Wildman–Crippen MR) is 130 cm³/mol. The fourth-order valence-electron chi connectivity index (χ4n) is 4.56. The summed E-state index contributed by atoms with van der Waals surface area (Å²) in [5.41, 5.74) is 4.62. The summed E-state index contributed by atoms with van der Waals surface area (Å²) in [6.07, 6.45) is -0.922. The average Bonchev–Trinajstić information content (AvgIpc) is 2.73. The number of nitrogens with two attached hydrogens (primary N) is 1. The predicted octanol–water partition coefficient (Wildman–Crippen LogP) is 4.75. The van der Waals surface area contributed by atoms with Gasteiger partial charge in [-0.05, 0) is 55.0 Å². The highest BCUT2D eigenvalue weighted by atomic mass is 35.5. The fourth-order valence-corrected chi connectivity index (χ4v) is 4.97. The number of hydrogen-bond acceptors (Lipinski definition) is 3. The van der Waals surface area contributed by atoms with E-state index in [9.17, 15) is 27.6 Å². The summed E-state index contributed by atoms with van der Waals surface area (Å²) in [4.78, 5) is 41.4. The van der Waals surface area contributed by atoms with E-state index in [0.717, 1.165) is 12.1 Å². The molecule has 10 heteroatoms. The van der Waals surface area contributed by atoms with Crippen LogP contribution in [-0.2, 0) is 27.1 Å². The molecule has 2 fully saturated rings. The van der Waals surface area contributed by atoms with Crippen molar-refractivity contribution in [2.24, 2.45) is 17.6 Å². The quantitative estimate of drug-likeness (QED) is 0.524. The zero-order chi connectivity index (χ0) is 27.0. The number of alkyl halides is 3. The highest BCUT2D eigenvalue weighted by Gasteiger charge is 2.61. The van der Waals surface area contributed by atoms with Gasteiger partial charge in [-0.2, -0.15) is 13.2 Å². The molecule has 36 heavy (non-hydrogen) atoms. The Morgan fingerprint density at radius 1 is 1.25 bits per heavy atom. The van der Waals surface area contributed by atoms with Gasteiger partial charge < -0.3 is 15.5 Å². The molecule has 0 radical (unpaired) electrons. The van der Waals surface area contributed by atoms with Gasteiger partial charge >= 0.3 is 6.18 Å². The lowest BCUT2D eigenvalue weighted by Crippen LogP contribution is -2.73. The standard InChI is InChI=1S/C26H29ClF3N3O3/c1-15(2)9-21(27)10-16(3)17(4)32-14-22(34)33(25(24(32)36)11-19(12-25)23(31)35)13-18-5-7-20(8-6-18)26(28,29)30/h5-10,15,19H,4,11-14H2,1-3H3,(H2,31,35)/b16-10-,21-9+. The van der Waals surface area contributed by atoms with E-state index >= 15 is 0 Å². The first kappa shape index (κ1) is 27.5. The van der Waals surface area contributed by atoms with Crippen molar-refractivity contribution in [3.05, 3.63) is 70.4 Å². The Balaban J connectivity index is 1.90. The molecular weight excluding hydrogens is 495 g/mol. The summed E-state index contributed by atoms with van der Waals surface area (Å²) >= 11 is 6.26. The number of primary amides is 1. The average molecular weight is 524 g/mol. The molecule has 6 nitrogen and oxygen atoms in total. The van der Waals surface area contributed by atoms with Crippen LogP contribution in [-0.4, -0.2) is 39.6 Å². The molecule has 0 atom stereocenters. The van der Waals surface area contributed by atoms with Gasteiger partial charge in [0.1, 0.15) is 12.1 Å². The smallest absolute Gasteiger partial charge is 0.369 e. The van der Waals surface area contributed by atoms with Crippen molar-refractivity contribution in [1.29, 1.82) is 0 Å². The number of amides is 3. The maximum absolute atomic E-state index is 13.7. The molecule has 1 aromatic rings. The molecule has 2 N–H and O–H groups in total. The normalized spacial score (nSPS) is 23.4. The van der Waals surface area contributed by atoms with E-state index in [1.807, 2.05) is 19.9 Å². The Morgan fingerprint density at radius 2 is 1.83 bits per heavy atom. The fraction of sp³-hybridized carbons (Fsp3) is 0.423. The number of carbonyl (C=O) groups is 3. The minimum Gasteiger partial charge on any atom is -0.369 e. The molecular formula is C26H29ClF3N3O3. The van der Waals surface area contributed by atoms with E-state index in [2.05, 4.69) is 6.58 Å². The van der Waals surface area contributed by atoms with Crippen molar-refractivity contribution in [3.8, 4) is 0 Å². The van der Waals surface area contributed by atoms with Gasteiger partial charge in [0.05, 0.1) is 5.56 Å². The van der Waals surface area contributed by atoms with Crippen LogP contribution in [0.15, 0.2) is 59.3 Å². The number of halogens is 4. The van der Waals surface area contributed by atoms with Crippen molar-refractivity contribution >= 4 is 29.3 Å². The third kappa shape index (κ3) is 5.51. The van der Waals surface area contributed by atoms with Gasteiger partial charge in [0.25, 0.3) is 5.91 Å². The second-order valence-electron chi connectivity index (χ2n) is 9.67. The summed E-state index contributed by atoms with van der Waals surface area (Å²) < 4.78 is 38.8. The molecule has 3 rings (SSSR count). The van der Waals surface area contributed by atoms with E-state index in [1.165, 1.54) is 21.9 Å². The van der Waals surface area contributed by atoms with Crippen molar-refractivity contribution in [3.63, 3.8) is 0 Å². The number of nitrogens with zero attached hydrogens (tertiary/aromatic N) is 2. The van der Waals surface area contributed by atoms with E-state index in [1.54, 1.807) is 13.0 Å². The minimum atomic E-state index is -4.49. The first-order chi connectivity index (χ1) is 16.7. The summed E-state index contributed by atoms with van der Waals surface area (Å²) in [6, 6.07) is 4.42. The molecule has 1 aromatic carbocycles. The zero-order valence-corrected chi connectivity index (χ0v) is 21.1. The second kappa shape index (κ2) is 10.1. The molecule has 2 aliphatic rings. The van der Waals surface area contributed by atoms with Crippen LogP contribution in [0.3, 0.4) is 0 Å². The monoisotopic (exact) mass is 523 g/mol. The van der Waals surface area contributed by atoms with Gasteiger partial charge in [-0.3, -0.25) is 14.4 Å². The maximum Gasteiger partial charge on any atom is 0.416 e. The van der Waals surface area contributed by atoms with E-state index in [4.69, 9.17) is 17.3 Å². The van der Waals surface area contributed by atoms with Crippen LogP contribution in [0.2, 0.25) is 0 Å². The van der Waals surface area contributed by atoms with Crippen molar-refractivity contribution in [2.75, 3.05) is 6.54 Å². The van der Waals surface area contributed by atoms with Crippen LogP contribution in [0.4, 0.5) is 13.2 Å². The first-order valence-corrected chi connectivity index (χ1v) is 11.9. The Morgan fingerprint density at radius 3 is 2.33 bits per heavy atom. The molecule has 1 spiro atoms. The molecule has 1 heterocycles. The van der Waals surface area contributed by atoms with Crippen LogP contribution >= 0.6 is 11.6 Å². The van der Waals surface area contributed by atoms with Gasteiger partial charge in [-0.1, -0.05) is 50.2 Å². The van der Waals surface area contributed by atoms with Crippen LogP contribution < -0.4 is 5.73 Å². The van der Waals surface area contributed by atoms with E-state index in [-0.39, 0.29) is 31.8 Å². The molecule has 0 bridgehead atoms. The lowest BCUT2D eigenvalue weighted by molar-refractivity contribution is -0.176. The Bertz CT molecular complexity index is 1130. The number of benzene rings is 1. The summed E-state index contributed by atoms with van der Waals surface area (Å²) in [6.45, 7) is 9.29. The third-order valence-electron chi connectivity index (χ3n) is 6.57. The highest BCUT2D eigenvalue weighted by molar-refractivity contribution is 6.31. The van der Waals surface area contributed by atoms with Gasteiger partial charge in [-0.15, -0.1) is 0 Å².